The number of rotatable bonds is 5. The van der Waals surface area contributed by atoms with E-state index in [2.05, 4.69) is 10.6 Å². The second kappa shape index (κ2) is 7.64. The van der Waals surface area contributed by atoms with E-state index in [0.29, 0.717) is 12.2 Å². The molecule has 0 saturated heterocycles. The van der Waals surface area contributed by atoms with Gasteiger partial charge in [-0.2, -0.15) is 0 Å². The van der Waals surface area contributed by atoms with Crippen LogP contribution in [0.1, 0.15) is 25.5 Å². The molecule has 1 aromatic rings. The monoisotopic (exact) mass is 293 g/mol. The highest BCUT2D eigenvalue weighted by molar-refractivity contribution is 5.89. The van der Waals surface area contributed by atoms with Crippen molar-refractivity contribution < 1.29 is 14.7 Å². The van der Waals surface area contributed by atoms with Crippen LogP contribution in [0.3, 0.4) is 0 Å². The molecular weight excluding hydrogens is 270 g/mol. The fraction of sp³-hybridized carbons (Fsp3) is 0.467. The molecule has 0 saturated carbocycles. The number of urea groups is 1. The number of benzene rings is 1. The Morgan fingerprint density at radius 1 is 1.33 bits per heavy atom. The van der Waals surface area contributed by atoms with Crippen molar-refractivity contribution >= 4 is 17.6 Å². The SMILES string of the molecule is CNC(=O)C(C)CN(C)C(=O)Nc1cccc(C(C)O)c1. The van der Waals surface area contributed by atoms with E-state index in [4.69, 9.17) is 0 Å². The number of carbonyl (C=O) groups excluding carboxylic acids is 2. The number of amides is 3. The van der Waals surface area contributed by atoms with Gasteiger partial charge in [-0.3, -0.25) is 4.79 Å². The molecule has 0 heterocycles. The highest BCUT2D eigenvalue weighted by Crippen LogP contribution is 2.17. The standard InChI is InChI=1S/C15H23N3O3/c1-10(14(20)16-3)9-18(4)15(21)17-13-7-5-6-12(8-13)11(2)19/h5-8,10-11,19H,9H2,1-4H3,(H,16,20)(H,17,21). The number of hydrogen-bond acceptors (Lipinski definition) is 3. The van der Waals surface area contributed by atoms with E-state index < -0.39 is 6.10 Å². The first kappa shape index (κ1) is 17.0. The van der Waals surface area contributed by atoms with Gasteiger partial charge in [0.1, 0.15) is 0 Å². The number of aliphatic hydroxyl groups is 1. The minimum absolute atomic E-state index is 0.106. The first-order valence-corrected chi connectivity index (χ1v) is 6.87. The Bertz CT molecular complexity index is 503. The van der Waals surface area contributed by atoms with E-state index in [-0.39, 0.29) is 17.9 Å². The third-order valence-electron chi connectivity index (χ3n) is 3.21. The minimum atomic E-state index is -0.590. The van der Waals surface area contributed by atoms with Crippen molar-refractivity contribution in [1.82, 2.24) is 10.2 Å². The number of nitrogens with zero attached hydrogens (tertiary/aromatic N) is 1. The molecule has 0 fully saturated rings. The lowest BCUT2D eigenvalue weighted by Gasteiger charge is -2.21. The van der Waals surface area contributed by atoms with Crippen molar-refractivity contribution in [3.05, 3.63) is 29.8 Å². The van der Waals surface area contributed by atoms with Gasteiger partial charge in [-0.15, -0.1) is 0 Å². The molecule has 3 amide bonds. The van der Waals surface area contributed by atoms with Crippen LogP contribution in [0, 0.1) is 5.92 Å². The molecule has 0 aliphatic carbocycles. The molecule has 2 atom stereocenters. The van der Waals surface area contributed by atoms with Crippen LogP contribution in [0.2, 0.25) is 0 Å². The number of nitrogens with one attached hydrogen (secondary N) is 2. The Morgan fingerprint density at radius 3 is 2.57 bits per heavy atom. The molecular formula is C15H23N3O3. The van der Waals surface area contributed by atoms with Crippen LogP contribution in [0.25, 0.3) is 0 Å². The highest BCUT2D eigenvalue weighted by Gasteiger charge is 2.17. The molecule has 1 aromatic carbocycles. The molecule has 6 nitrogen and oxygen atoms in total. The third kappa shape index (κ3) is 5.07. The van der Waals surface area contributed by atoms with Crippen molar-refractivity contribution in [2.24, 2.45) is 5.92 Å². The first-order chi connectivity index (χ1) is 9.85. The second-order valence-electron chi connectivity index (χ2n) is 5.13. The predicted molar refractivity (Wildman–Crippen MR) is 82.0 cm³/mol. The molecule has 1 rings (SSSR count). The van der Waals surface area contributed by atoms with Gasteiger partial charge in [0.25, 0.3) is 0 Å². The molecule has 3 N–H and O–H groups in total. The van der Waals surface area contributed by atoms with Crippen LogP contribution < -0.4 is 10.6 Å². The molecule has 6 heteroatoms. The van der Waals surface area contributed by atoms with Gasteiger partial charge >= 0.3 is 6.03 Å². The topological polar surface area (TPSA) is 81.7 Å². The summed E-state index contributed by atoms with van der Waals surface area (Å²) in [5.74, 6) is -0.389. The van der Waals surface area contributed by atoms with Crippen LogP contribution >= 0.6 is 0 Å². The number of carbonyl (C=O) groups is 2. The Balaban J connectivity index is 2.64. The van der Waals surface area contributed by atoms with Gasteiger partial charge in [0.15, 0.2) is 0 Å². The Morgan fingerprint density at radius 2 is 2.00 bits per heavy atom. The maximum atomic E-state index is 12.1. The van der Waals surface area contributed by atoms with Gasteiger partial charge < -0.3 is 20.6 Å². The van der Waals surface area contributed by atoms with E-state index in [1.165, 1.54) is 4.90 Å². The van der Waals surface area contributed by atoms with Gasteiger partial charge in [0, 0.05) is 26.3 Å². The molecule has 0 radical (unpaired) electrons. The summed E-state index contributed by atoms with van der Waals surface area (Å²) in [5, 5.41) is 14.8. The van der Waals surface area contributed by atoms with E-state index in [1.807, 2.05) is 0 Å². The summed E-state index contributed by atoms with van der Waals surface area (Å²) in [6.07, 6.45) is -0.590. The molecule has 0 spiro atoms. The van der Waals surface area contributed by atoms with E-state index in [1.54, 1.807) is 52.2 Å². The average molecular weight is 293 g/mol. The highest BCUT2D eigenvalue weighted by atomic mass is 16.3. The molecule has 2 unspecified atom stereocenters. The van der Waals surface area contributed by atoms with Crippen LogP contribution in [-0.2, 0) is 4.79 Å². The Hall–Kier alpha value is -2.08. The van der Waals surface area contributed by atoms with Crippen molar-refractivity contribution in [3.8, 4) is 0 Å². The zero-order chi connectivity index (χ0) is 16.0. The maximum absolute atomic E-state index is 12.1. The van der Waals surface area contributed by atoms with Crippen molar-refractivity contribution in [2.75, 3.05) is 26.0 Å². The average Bonchev–Trinajstić information content (AvgIpc) is 2.46. The number of hydrogen-bond donors (Lipinski definition) is 3. The summed E-state index contributed by atoms with van der Waals surface area (Å²) < 4.78 is 0. The molecule has 0 aliphatic rings. The van der Waals surface area contributed by atoms with E-state index >= 15 is 0 Å². The molecule has 116 valence electrons. The lowest BCUT2D eigenvalue weighted by molar-refractivity contribution is -0.124. The normalized spacial score (nSPS) is 13.2. The van der Waals surface area contributed by atoms with E-state index in [0.717, 1.165) is 5.56 Å². The van der Waals surface area contributed by atoms with Crippen LogP contribution in [-0.4, -0.2) is 42.6 Å². The summed E-state index contributed by atoms with van der Waals surface area (Å²) in [6, 6.07) is 6.73. The smallest absolute Gasteiger partial charge is 0.321 e. The van der Waals surface area contributed by atoms with Gasteiger partial charge in [0.2, 0.25) is 5.91 Å². The quantitative estimate of drug-likeness (QED) is 0.771. The molecule has 0 bridgehead atoms. The summed E-state index contributed by atoms with van der Waals surface area (Å²) in [7, 11) is 3.20. The molecule has 21 heavy (non-hydrogen) atoms. The second-order valence-corrected chi connectivity index (χ2v) is 5.13. The van der Waals surface area contributed by atoms with Crippen molar-refractivity contribution in [3.63, 3.8) is 0 Å². The summed E-state index contributed by atoms with van der Waals surface area (Å²) in [5.41, 5.74) is 1.34. The lowest BCUT2D eigenvalue weighted by atomic mass is 10.1. The zero-order valence-corrected chi connectivity index (χ0v) is 12.9. The number of anilines is 1. The first-order valence-electron chi connectivity index (χ1n) is 6.87. The third-order valence-corrected chi connectivity index (χ3v) is 3.21. The lowest BCUT2D eigenvalue weighted by Crippen LogP contribution is -2.39. The van der Waals surface area contributed by atoms with Crippen molar-refractivity contribution in [1.29, 1.82) is 0 Å². The molecule has 0 aliphatic heterocycles. The van der Waals surface area contributed by atoms with Gasteiger partial charge in [-0.1, -0.05) is 19.1 Å². The fourth-order valence-electron chi connectivity index (χ4n) is 1.92. The van der Waals surface area contributed by atoms with Gasteiger partial charge in [-0.25, -0.2) is 4.79 Å². The molecule has 0 aromatic heterocycles. The summed E-state index contributed by atoms with van der Waals surface area (Å²) in [4.78, 5) is 25.0. The van der Waals surface area contributed by atoms with Gasteiger partial charge in [0.05, 0.1) is 12.0 Å². The predicted octanol–water partition coefficient (Wildman–Crippen LogP) is 1.59. The fourth-order valence-corrected chi connectivity index (χ4v) is 1.92. The Labute approximate surface area is 125 Å². The van der Waals surface area contributed by atoms with Crippen molar-refractivity contribution in [2.45, 2.75) is 20.0 Å². The number of aliphatic hydroxyl groups excluding tert-OH is 1. The maximum Gasteiger partial charge on any atom is 0.321 e. The summed E-state index contributed by atoms with van der Waals surface area (Å²) in [6.45, 7) is 3.75. The summed E-state index contributed by atoms with van der Waals surface area (Å²) >= 11 is 0. The van der Waals surface area contributed by atoms with Crippen LogP contribution in [0.15, 0.2) is 24.3 Å². The van der Waals surface area contributed by atoms with Crippen LogP contribution in [0.4, 0.5) is 10.5 Å². The minimum Gasteiger partial charge on any atom is -0.389 e. The zero-order valence-electron chi connectivity index (χ0n) is 12.9. The van der Waals surface area contributed by atoms with Crippen LogP contribution in [0.5, 0.6) is 0 Å². The van der Waals surface area contributed by atoms with E-state index in [9.17, 15) is 14.7 Å². The van der Waals surface area contributed by atoms with Gasteiger partial charge in [-0.05, 0) is 24.6 Å². The Kier molecular flexibility index (Phi) is 6.17. The largest absolute Gasteiger partial charge is 0.389 e.